The van der Waals surface area contributed by atoms with E-state index >= 15 is 0 Å². The Bertz CT molecular complexity index is 1460. The van der Waals surface area contributed by atoms with Crippen molar-refractivity contribution in [3.63, 3.8) is 0 Å². The molecule has 190 valence electrons. The van der Waals surface area contributed by atoms with Crippen molar-refractivity contribution in [2.75, 3.05) is 19.4 Å². The van der Waals surface area contributed by atoms with Crippen molar-refractivity contribution in [3.05, 3.63) is 82.0 Å². The predicted molar refractivity (Wildman–Crippen MR) is 149 cm³/mol. The quantitative estimate of drug-likeness (QED) is 0.172. The molecule has 1 aliphatic rings. The number of fused-ring (bicyclic) bond motifs is 1. The Balaban J connectivity index is 1.57. The smallest absolute Gasteiger partial charge is 0.169 e. The first-order valence-electron chi connectivity index (χ1n) is 12.1. The average Bonchev–Trinajstić information content (AvgIpc) is 3.73. The van der Waals surface area contributed by atoms with Crippen LogP contribution in [0, 0.1) is 5.92 Å². The van der Waals surface area contributed by atoms with Crippen LogP contribution in [0.4, 0.5) is 11.4 Å². The molecular weight excluding hydrogens is 509 g/mol. The number of aromatic nitrogens is 1. The number of aliphatic hydroxyl groups excluding tert-OH is 1. The number of likely N-dealkylation sites (N-methyl/N-ethyl adjacent to an activating group) is 1. The average molecular weight is 536 g/mol. The first kappa shape index (κ1) is 25.5. The molecule has 1 heterocycles. The van der Waals surface area contributed by atoms with E-state index < -0.39 is 6.23 Å². The lowest BCUT2D eigenvalue weighted by Crippen LogP contribution is -2.29. The minimum atomic E-state index is -0.564. The fraction of sp³-hybridized carbons (Fsp3) is 0.241. The number of carbonyl (C=O) groups excluding carboxylic acids is 1. The molecule has 1 atom stereocenters. The zero-order valence-electron chi connectivity index (χ0n) is 20.5. The number of hydrogen-bond acceptors (Lipinski definition) is 6. The molecule has 1 fully saturated rings. The van der Waals surface area contributed by atoms with E-state index in [1.165, 1.54) is 0 Å². The number of anilines is 2. The third kappa shape index (κ3) is 5.43. The Labute approximate surface area is 225 Å². The maximum Gasteiger partial charge on any atom is 0.169 e. The zero-order valence-corrected chi connectivity index (χ0v) is 22.0. The molecule has 37 heavy (non-hydrogen) atoms. The summed E-state index contributed by atoms with van der Waals surface area (Å²) in [5.41, 5.74) is 5.38. The van der Waals surface area contributed by atoms with Gasteiger partial charge in [0.05, 0.1) is 26.8 Å². The van der Waals surface area contributed by atoms with E-state index in [-0.39, 0.29) is 27.5 Å². The van der Waals surface area contributed by atoms with Crippen LogP contribution in [0.3, 0.4) is 0 Å². The van der Waals surface area contributed by atoms with Gasteiger partial charge >= 0.3 is 0 Å². The molecular formula is C29H27Cl2N3O3. The van der Waals surface area contributed by atoms with Crippen LogP contribution in [0.15, 0.2) is 60.8 Å². The maximum absolute atomic E-state index is 13.2. The number of Topliss-reactive ketones (excluding diaryl/α,β-unsaturated/α-hetero) is 1. The lowest BCUT2D eigenvalue weighted by Gasteiger charge is -2.19. The highest BCUT2D eigenvalue weighted by atomic mass is 35.5. The van der Waals surface area contributed by atoms with Crippen LogP contribution in [0.25, 0.3) is 22.0 Å². The molecule has 0 amide bonds. The molecule has 0 spiro atoms. The van der Waals surface area contributed by atoms with E-state index in [1.807, 2.05) is 56.6 Å². The van der Waals surface area contributed by atoms with E-state index in [1.54, 1.807) is 23.2 Å². The first-order valence-corrected chi connectivity index (χ1v) is 12.8. The van der Waals surface area contributed by atoms with Crippen molar-refractivity contribution in [1.29, 1.82) is 0 Å². The van der Waals surface area contributed by atoms with Crippen LogP contribution < -0.4 is 5.32 Å². The second-order valence-corrected chi connectivity index (χ2v) is 10.5. The SMILES string of the molecule is CN(C)C(O)Cc1ccc(Nc2c(C(=O)C3CC3)cnc3ccc(-c4cc(Cl)c(O)c(Cl)c4)cc23)cc1. The van der Waals surface area contributed by atoms with Crippen molar-refractivity contribution in [3.8, 4) is 16.9 Å². The topological polar surface area (TPSA) is 85.7 Å². The maximum atomic E-state index is 13.2. The molecule has 1 unspecified atom stereocenters. The molecule has 8 heteroatoms. The fourth-order valence-electron chi connectivity index (χ4n) is 4.25. The fourth-order valence-corrected chi connectivity index (χ4v) is 4.74. The van der Waals surface area contributed by atoms with Crippen molar-refractivity contribution in [2.24, 2.45) is 5.92 Å². The number of hydrogen-bond donors (Lipinski definition) is 3. The molecule has 1 aliphatic carbocycles. The van der Waals surface area contributed by atoms with Crippen LogP contribution in [0.1, 0.15) is 28.8 Å². The lowest BCUT2D eigenvalue weighted by molar-refractivity contribution is 0.0413. The molecule has 1 aromatic heterocycles. The number of halogens is 2. The summed E-state index contributed by atoms with van der Waals surface area (Å²) in [6.07, 6.45) is 3.39. The molecule has 5 rings (SSSR count). The highest BCUT2D eigenvalue weighted by Crippen LogP contribution is 2.40. The number of rotatable bonds is 8. The van der Waals surface area contributed by atoms with Gasteiger partial charge < -0.3 is 15.5 Å². The number of carbonyl (C=O) groups is 1. The number of aromatic hydroxyl groups is 1. The van der Waals surface area contributed by atoms with Gasteiger partial charge in [0, 0.05) is 29.6 Å². The molecule has 0 saturated heterocycles. The van der Waals surface area contributed by atoms with Gasteiger partial charge in [0.15, 0.2) is 11.5 Å². The minimum Gasteiger partial charge on any atom is -0.505 e. The number of aliphatic hydroxyl groups is 1. The van der Waals surface area contributed by atoms with Crippen LogP contribution >= 0.6 is 23.2 Å². The largest absolute Gasteiger partial charge is 0.505 e. The van der Waals surface area contributed by atoms with Gasteiger partial charge in [-0.25, -0.2) is 0 Å². The van der Waals surface area contributed by atoms with Crippen LogP contribution in [0.5, 0.6) is 5.75 Å². The van der Waals surface area contributed by atoms with E-state index in [4.69, 9.17) is 23.2 Å². The summed E-state index contributed by atoms with van der Waals surface area (Å²) in [6, 6.07) is 16.9. The number of pyridine rings is 1. The van der Waals surface area contributed by atoms with Crippen LogP contribution in [-0.2, 0) is 6.42 Å². The third-order valence-electron chi connectivity index (χ3n) is 6.67. The van der Waals surface area contributed by atoms with Gasteiger partial charge in [0.1, 0.15) is 6.23 Å². The Hall–Kier alpha value is -3.16. The molecule has 1 saturated carbocycles. The molecule has 0 aliphatic heterocycles. The second kappa shape index (κ2) is 10.3. The number of nitrogens with one attached hydrogen (secondary N) is 1. The number of phenols is 1. The molecule has 6 nitrogen and oxygen atoms in total. The van der Waals surface area contributed by atoms with Crippen LogP contribution in [0.2, 0.25) is 10.0 Å². The highest BCUT2D eigenvalue weighted by molar-refractivity contribution is 6.37. The van der Waals surface area contributed by atoms with Crippen molar-refractivity contribution >= 4 is 51.3 Å². The van der Waals surface area contributed by atoms with Gasteiger partial charge in [-0.2, -0.15) is 0 Å². The Morgan fingerprint density at radius 3 is 2.35 bits per heavy atom. The first-order chi connectivity index (χ1) is 17.7. The Morgan fingerprint density at radius 1 is 1.05 bits per heavy atom. The normalized spacial score (nSPS) is 14.2. The lowest BCUT2D eigenvalue weighted by atomic mass is 9.98. The van der Waals surface area contributed by atoms with Gasteiger partial charge in [0.2, 0.25) is 0 Å². The monoisotopic (exact) mass is 535 g/mol. The molecule has 3 aromatic carbocycles. The van der Waals surface area contributed by atoms with Gasteiger partial charge in [0.25, 0.3) is 0 Å². The van der Waals surface area contributed by atoms with E-state index in [2.05, 4.69) is 10.3 Å². The summed E-state index contributed by atoms with van der Waals surface area (Å²) in [4.78, 5) is 19.5. The second-order valence-electron chi connectivity index (χ2n) is 9.68. The molecule has 0 radical (unpaired) electrons. The number of nitrogens with zero attached hydrogens (tertiary/aromatic N) is 2. The summed E-state index contributed by atoms with van der Waals surface area (Å²) in [5.74, 6) is -0.0351. The number of ketones is 1. The zero-order chi connectivity index (χ0) is 26.3. The van der Waals surface area contributed by atoms with E-state index in [0.717, 1.165) is 46.1 Å². The molecule has 4 aromatic rings. The standard InChI is InChI=1S/C29H27Cl2N3O3/c1-34(2)26(35)11-16-3-8-20(9-4-16)33-27-21-12-18(19-13-23(30)29(37)24(31)14-19)7-10-25(21)32-15-22(27)28(36)17-5-6-17/h3-4,7-10,12-15,17,26,35,37H,5-6,11H2,1-2H3,(H,32,33). The summed E-state index contributed by atoms with van der Waals surface area (Å²) >= 11 is 12.3. The highest BCUT2D eigenvalue weighted by Gasteiger charge is 2.32. The Morgan fingerprint density at radius 2 is 1.73 bits per heavy atom. The van der Waals surface area contributed by atoms with E-state index in [0.29, 0.717) is 17.7 Å². The summed E-state index contributed by atoms with van der Waals surface area (Å²) in [7, 11) is 3.67. The van der Waals surface area contributed by atoms with Gasteiger partial charge in [-0.1, -0.05) is 41.4 Å². The third-order valence-corrected chi connectivity index (χ3v) is 7.25. The summed E-state index contributed by atoms with van der Waals surface area (Å²) in [6.45, 7) is 0. The van der Waals surface area contributed by atoms with Crippen molar-refractivity contribution < 1.29 is 15.0 Å². The number of benzene rings is 3. The molecule has 0 bridgehead atoms. The minimum absolute atomic E-state index is 0.0348. The van der Waals surface area contributed by atoms with Crippen LogP contribution in [-0.4, -0.2) is 46.2 Å². The summed E-state index contributed by atoms with van der Waals surface area (Å²) < 4.78 is 0. The van der Waals surface area contributed by atoms with E-state index in [9.17, 15) is 15.0 Å². The summed E-state index contributed by atoms with van der Waals surface area (Å²) in [5, 5.41) is 24.7. The predicted octanol–water partition coefficient (Wildman–Crippen LogP) is 6.67. The van der Waals surface area contributed by atoms with Gasteiger partial charge in [-0.15, -0.1) is 0 Å². The van der Waals surface area contributed by atoms with Crippen molar-refractivity contribution in [2.45, 2.75) is 25.5 Å². The molecule has 3 N–H and O–H groups in total. The number of phenolic OH excluding ortho intramolecular Hbond substituents is 1. The van der Waals surface area contributed by atoms with Crippen molar-refractivity contribution in [1.82, 2.24) is 9.88 Å². The van der Waals surface area contributed by atoms with Gasteiger partial charge in [-0.05, 0) is 80.0 Å². The Kier molecular flexibility index (Phi) is 7.10. The van der Waals surface area contributed by atoms with Gasteiger partial charge in [-0.3, -0.25) is 14.7 Å².